The summed E-state index contributed by atoms with van der Waals surface area (Å²) in [6, 6.07) is 8.84. The molecule has 0 atom stereocenters. The molecule has 0 saturated heterocycles. The highest BCUT2D eigenvalue weighted by Crippen LogP contribution is 2.24. The van der Waals surface area contributed by atoms with Gasteiger partial charge in [-0.2, -0.15) is 0 Å². The number of rotatable bonds is 8. The number of hydrogen-bond donors (Lipinski definition) is 1. The van der Waals surface area contributed by atoms with Crippen LogP contribution in [0.3, 0.4) is 0 Å². The van der Waals surface area contributed by atoms with Gasteiger partial charge in [-0.25, -0.2) is 4.98 Å². The average molecular weight is 314 g/mol. The molecule has 1 N–H and O–H groups in total. The second-order valence-corrected chi connectivity index (χ2v) is 7.15. The van der Waals surface area contributed by atoms with Gasteiger partial charge >= 0.3 is 0 Å². The van der Waals surface area contributed by atoms with Crippen LogP contribution in [0.2, 0.25) is 0 Å². The number of aromatic amines is 1. The molecule has 0 amide bonds. The molecule has 4 nitrogen and oxygen atoms in total. The summed E-state index contributed by atoms with van der Waals surface area (Å²) >= 11 is 0. The second kappa shape index (κ2) is 8.04. The lowest BCUT2D eigenvalue weighted by Gasteiger charge is -2.30. The molecule has 1 aromatic carbocycles. The van der Waals surface area contributed by atoms with E-state index in [-0.39, 0.29) is 0 Å². The van der Waals surface area contributed by atoms with Gasteiger partial charge in [0.15, 0.2) is 0 Å². The first-order valence-corrected chi connectivity index (χ1v) is 8.49. The lowest BCUT2D eigenvalue weighted by molar-refractivity contribution is 0.553. The van der Waals surface area contributed by atoms with Gasteiger partial charge in [-0.3, -0.25) is 0 Å². The lowest BCUT2D eigenvalue weighted by Crippen LogP contribution is -2.31. The number of anilines is 2. The van der Waals surface area contributed by atoms with Crippen LogP contribution in [0.25, 0.3) is 0 Å². The quantitative estimate of drug-likeness (QED) is 0.794. The van der Waals surface area contributed by atoms with E-state index in [1.165, 1.54) is 11.4 Å². The largest absolute Gasteiger partial charge is 0.371 e. The lowest BCUT2D eigenvalue weighted by atomic mass is 10.1. The van der Waals surface area contributed by atoms with E-state index >= 15 is 0 Å². The second-order valence-electron chi connectivity index (χ2n) is 7.15. The topological polar surface area (TPSA) is 35.2 Å². The van der Waals surface area contributed by atoms with Crippen LogP contribution in [0.1, 0.15) is 33.4 Å². The first-order valence-electron chi connectivity index (χ1n) is 8.49. The van der Waals surface area contributed by atoms with Crippen LogP contribution < -0.4 is 9.80 Å². The average Bonchev–Trinajstić information content (AvgIpc) is 2.98. The molecule has 126 valence electrons. The summed E-state index contributed by atoms with van der Waals surface area (Å²) in [5, 5.41) is 0. The highest BCUT2D eigenvalue weighted by atomic mass is 15.1. The van der Waals surface area contributed by atoms with E-state index in [0.29, 0.717) is 11.8 Å². The summed E-state index contributed by atoms with van der Waals surface area (Å²) < 4.78 is 0. The molecular formula is C19H30N4. The molecule has 0 saturated carbocycles. The molecule has 2 aromatic rings. The van der Waals surface area contributed by atoms with E-state index in [2.05, 4.69) is 78.8 Å². The van der Waals surface area contributed by atoms with Gasteiger partial charge in [0, 0.05) is 37.7 Å². The molecule has 1 heterocycles. The van der Waals surface area contributed by atoms with E-state index in [1.807, 2.05) is 6.20 Å². The fourth-order valence-electron chi connectivity index (χ4n) is 2.81. The van der Waals surface area contributed by atoms with E-state index < -0.39 is 0 Å². The molecule has 23 heavy (non-hydrogen) atoms. The van der Waals surface area contributed by atoms with Crippen molar-refractivity contribution in [2.45, 2.75) is 34.2 Å². The molecule has 4 heteroatoms. The van der Waals surface area contributed by atoms with E-state index in [1.54, 1.807) is 6.33 Å². The van der Waals surface area contributed by atoms with Crippen LogP contribution in [0.5, 0.6) is 0 Å². The molecule has 0 aliphatic heterocycles. The van der Waals surface area contributed by atoms with Crippen LogP contribution in [-0.2, 0) is 6.54 Å². The van der Waals surface area contributed by atoms with Crippen molar-refractivity contribution in [3.63, 3.8) is 0 Å². The van der Waals surface area contributed by atoms with Crippen LogP contribution in [0.15, 0.2) is 36.8 Å². The molecule has 0 fully saturated rings. The standard InChI is InChI=1S/C19H30N4/c1-15(2)11-23(12-16(3)4)19-8-6-7-18(9-19)22(5)13-17-10-20-14-21-17/h6-10,14-16H,11-13H2,1-5H3,(H,20,21). The monoisotopic (exact) mass is 314 g/mol. The SMILES string of the molecule is CC(C)CN(CC(C)C)c1cccc(N(C)Cc2cnc[nH]2)c1. The van der Waals surface area contributed by atoms with Crippen LogP contribution in [0.4, 0.5) is 11.4 Å². The molecule has 0 unspecified atom stereocenters. The molecule has 1 aromatic heterocycles. The Morgan fingerprint density at radius 2 is 1.70 bits per heavy atom. The normalized spacial score (nSPS) is 11.3. The number of nitrogens with one attached hydrogen (secondary N) is 1. The summed E-state index contributed by atoms with van der Waals surface area (Å²) in [4.78, 5) is 12.0. The maximum absolute atomic E-state index is 4.09. The first-order chi connectivity index (χ1) is 11.0. The summed E-state index contributed by atoms with van der Waals surface area (Å²) in [7, 11) is 2.12. The zero-order valence-electron chi connectivity index (χ0n) is 15.1. The van der Waals surface area contributed by atoms with Crippen molar-refractivity contribution in [2.24, 2.45) is 11.8 Å². The minimum atomic E-state index is 0.653. The third-order valence-electron chi connectivity index (χ3n) is 3.77. The molecule has 0 bridgehead atoms. The van der Waals surface area contributed by atoms with Crippen molar-refractivity contribution in [1.29, 1.82) is 0 Å². The number of hydrogen-bond acceptors (Lipinski definition) is 3. The number of H-pyrrole nitrogens is 1. The maximum Gasteiger partial charge on any atom is 0.0922 e. The van der Waals surface area contributed by atoms with E-state index in [9.17, 15) is 0 Å². The molecule has 2 rings (SSSR count). The summed E-state index contributed by atoms with van der Waals surface area (Å²) in [5.41, 5.74) is 3.66. The van der Waals surface area contributed by atoms with Gasteiger partial charge < -0.3 is 14.8 Å². The zero-order valence-corrected chi connectivity index (χ0v) is 15.1. The fourth-order valence-corrected chi connectivity index (χ4v) is 2.81. The minimum Gasteiger partial charge on any atom is -0.371 e. The predicted octanol–water partition coefficient (Wildman–Crippen LogP) is 4.16. The van der Waals surface area contributed by atoms with Crippen molar-refractivity contribution < 1.29 is 0 Å². The van der Waals surface area contributed by atoms with Crippen molar-refractivity contribution in [3.05, 3.63) is 42.5 Å². The molecule has 0 aliphatic carbocycles. The minimum absolute atomic E-state index is 0.653. The zero-order chi connectivity index (χ0) is 16.8. The summed E-state index contributed by atoms with van der Waals surface area (Å²) in [6.45, 7) is 12.1. The number of benzene rings is 1. The van der Waals surface area contributed by atoms with Gasteiger partial charge in [0.05, 0.1) is 18.6 Å². The Bertz CT molecular complexity index is 565. The fraction of sp³-hybridized carbons (Fsp3) is 0.526. The summed E-state index contributed by atoms with van der Waals surface area (Å²) in [6.07, 6.45) is 3.61. The number of nitrogens with zero attached hydrogens (tertiary/aromatic N) is 3. The Hall–Kier alpha value is -1.97. The van der Waals surface area contributed by atoms with Gasteiger partial charge in [-0.1, -0.05) is 33.8 Å². The molecular weight excluding hydrogens is 284 g/mol. The molecule has 0 radical (unpaired) electrons. The Morgan fingerprint density at radius 3 is 2.26 bits per heavy atom. The van der Waals surface area contributed by atoms with Gasteiger partial charge in [0.1, 0.15) is 0 Å². The van der Waals surface area contributed by atoms with Gasteiger partial charge in [-0.05, 0) is 30.0 Å². The van der Waals surface area contributed by atoms with Gasteiger partial charge in [0.25, 0.3) is 0 Å². The van der Waals surface area contributed by atoms with Gasteiger partial charge in [0.2, 0.25) is 0 Å². The van der Waals surface area contributed by atoms with Crippen molar-refractivity contribution >= 4 is 11.4 Å². The Labute approximate surface area is 140 Å². The molecule has 0 spiro atoms. The maximum atomic E-state index is 4.09. The van der Waals surface area contributed by atoms with E-state index in [4.69, 9.17) is 0 Å². The Morgan fingerprint density at radius 1 is 1.04 bits per heavy atom. The van der Waals surface area contributed by atoms with Crippen molar-refractivity contribution in [3.8, 4) is 0 Å². The van der Waals surface area contributed by atoms with Crippen LogP contribution in [0, 0.1) is 11.8 Å². The van der Waals surface area contributed by atoms with Crippen molar-refractivity contribution in [2.75, 3.05) is 29.9 Å². The Kier molecular flexibility index (Phi) is 6.08. The Balaban J connectivity index is 2.15. The third kappa shape index (κ3) is 5.31. The molecule has 0 aliphatic rings. The third-order valence-corrected chi connectivity index (χ3v) is 3.77. The van der Waals surface area contributed by atoms with Crippen LogP contribution >= 0.6 is 0 Å². The first kappa shape index (κ1) is 17.4. The predicted molar refractivity (Wildman–Crippen MR) is 99.0 cm³/mol. The highest BCUT2D eigenvalue weighted by Gasteiger charge is 2.12. The number of aromatic nitrogens is 2. The van der Waals surface area contributed by atoms with Gasteiger partial charge in [-0.15, -0.1) is 0 Å². The highest BCUT2D eigenvalue weighted by molar-refractivity contribution is 5.59. The van der Waals surface area contributed by atoms with E-state index in [0.717, 1.165) is 25.3 Å². The number of imidazole rings is 1. The smallest absolute Gasteiger partial charge is 0.0922 e. The summed E-state index contributed by atoms with van der Waals surface area (Å²) in [5.74, 6) is 1.31. The van der Waals surface area contributed by atoms with Crippen molar-refractivity contribution in [1.82, 2.24) is 9.97 Å². The van der Waals surface area contributed by atoms with Crippen LogP contribution in [-0.4, -0.2) is 30.1 Å².